The van der Waals surface area contributed by atoms with Gasteiger partial charge in [0.15, 0.2) is 5.60 Å². The largest absolute Gasteiger partial charge is 0.394 e. The van der Waals surface area contributed by atoms with E-state index in [0.29, 0.717) is 0 Å². The van der Waals surface area contributed by atoms with Crippen LogP contribution in [0.15, 0.2) is 0 Å². The molecule has 2 heterocycles. The van der Waals surface area contributed by atoms with Gasteiger partial charge in [-0.3, -0.25) is 10.1 Å². The van der Waals surface area contributed by atoms with Crippen molar-refractivity contribution in [3.8, 4) is 0 Å². The zero-order chi connectivity index (χ0) is 11.9. The summed E-state index contributed by atoms with van der Waals surface area (Å²) in [6, 6.07) is -0.687. The molecule has 2 fully saturated rings. The molecule has 8 heteroatoms. The van der Waals surface area contributed by atoms with Gasteiger partial charge in [0.25, 0.3) is 5.91 Å². The van der Waals surface area contributed by atoms with Gasteiger partial charge in [0.1, 0.15) is 18.3 Å². The normalized spacial score (nSPS) is 43.3. The molecule has 0 radical (unpaired) electrons. The molecular weight excluding hydrogens is 220 g/mol. The predicted octanol–water partition coefficient (Wildman–Crippen LogP) is -3.32. The summed E-state index contributed by atoms with van der Waals surface area (Å²) in [6.45, 7) is -0.770. The molecule has 2 unspecified atom stereocenters. The molecule has 0 aliphatic carbocycles. The summed E-state index contributed by atoms with van der Waals surface area (Å²) in [4.78, 5) is 22.5. The third kappa shape index (κ3) is 1.39. The minimum atomic E-state index is -1.72. The van der Waals surface area contributed by atoms with Crippen molar-refractivity contribution in [2.45, 2.75) is 23.9 Å². The van der Waals surface area contributed by atoms with Crippen LogP contribution in [0.3, 0.4) is 0 Å². The van der Waals surface area contributed by atoms with E-state index in [0.717, 1.165) is 0 Å². The van der Waals surface area contributed by atoms with E-state index in [1.54, 1.807) is 0 Å². The van der Waals surface area contributed by atoms with Gasteiger partial charge < -0.3 is 25.4 Å². The molecule has 0 bridgehead atoms. The van der Waals surface area contributed by atoms with Crippen molar-refractivity contribution in [1.29, 1.82) is 0 Å². The van der Waals surface area contributed by atoms with E-state index in [9.17, 15) is 19.8 Å². The van der Waals surface area contributed by atoms with Gasteiger partial charge in [0.05, 0.1) is 13.2 Å². The summed E-state index contributed by atoms with van der Waals surface area (Å²) in [5.41, 5.74) is -1.72. The minimum absolute atomic E-state index is 0.244. The first kappa shape index (κ1) is 11.3. The lowest BCUT2D eigenvalue weighted by molar-refractivity contribution is -0.155. The summed E-state index contributed by atoms with van der Waals surface area (Å²) in [7, 11) is 0. The number of ether oxygens (including phenoxy) is 1. The molecule has 1 spiro atoms. The van der Waals surface area contributed by atoms with E-state index in [1.165, 1.54) is 0 Å². The first-order valence-corrected chi connectivity index (χ1v) is 4.75. The second kappa shape index (κ2) is 3.67. The van der Waals surface area contributed by atoms with Gasteiger partial charge in [-0.1, -0.05) is 0 Å². The van der Waals surface area contributed by atoms with Crippen LogP contribution >= 0.6 is 0 Å². The van der Waals surface area contributed by atoms with E-state index >= 15 is 0 Å². The summed E-state index contributed by atoms with van der Waals surface area (Å²) >= 11 is 0. The van der Waals surface area contributed by atoms with Crippen molar-refractivity contribution in [3.63, 3.8) is 0 Å². The highest BCUT2D eigenvalue weighted by Gasteiger charge is 2.60. The second-order valence-electron chi connectivity index (χ2n) is 3.80. The van der Waals surface area contributed by atoms with Gasteiger partial charge in [0, 0.05) is 0 Å². The number of carbonyl (C=O) groups excluding carboxylic acids is 2. The molecule has 0 aromatic rings. The second-order valence-corrected chi connectivity index (χ2v) is 3.80. The number of urea groups is 1. The van der Waals surface area contributed by atoms with Gasteiger partial charge in [-0.05, 0) is 0 Å². The van der Waals surface area contributed by atoms with Gasteiger partial charge in [0.2, 0.25) is 0 Å². The number of rotatable bonds is 1. The third-order valence-corrected chi connectivity index (χ3v) is 2.85. The quantitative estimate of drug-likeness (QED) is 0.322. The lowest BCUT2D eigenvalue weighted by Crippen LogP contribution is -2.67. The van der Waals surface area contributed by atoms with E-state index < -0.39 is 42.5 Å². The van der Waals surface area contributed by atoms with Crippen molar-refractivity contribution >= 4 is 11.9 Å². The Bertz CT molecular complexity index is 334. The van der Waals surface area contributed by atoms with Crippen molar-refractivity contribution in [2.24, 2.45) is 0 Å². The highest BCUT2D eigenvalue weighted by Crippen LogP contribution is 2.32. The molecule has 2 rings (SSSR count). The van der Waals surface area contributed by atoms with Crippen molar-refractivity contribution in [1.82, 2.24) is 10.6 Å². The maximum Gasteiger partial charge on any atom is 0.321 e. The first-order valence-electron chi connectivity index (χ1n) is 4.75. The van der Waals surface area contributed by atoms with Crippen LogP contribution in [0.2, 0.25) is 0 Å². The molecule has 90 valence electrons. The number of hydrogen-bond acceptors (Lipinski definition) is 6. The van der Waals surface area contributed by atoms with Crippen LogP contribution in [0.1, 0.15) is 0 Å². The van der Waals surface area contributed by atoms with Crippen LogP contribution in [0.5, 0.6) is 0 Å². The van der Waals surface area contributed by atoms with Crippen molar-refractivity contribution in [3.05, 3.63) is 0 Å². The Hall–Kier alpha value is -1.22. The average molecular weight is 232 g/mol. The molecule has 2 aliphatic heterocycles. The number of imide groups is 1. The fourth-order valence-electron chi connectivity index (χ4n) is 1.91. The number of carbonyl (C=O) groups is 2. The van der Waals surface area contributed by atoms with Crippen LogP contribution < -0.4 is 10.6 Å². The fourth-order valence-corrected chi connectivity index (χ4v) is 1.91. The van der Waals surface area contributed by atoms with Crippen LogP contribution in [0.25, 0.3) is 0 Å². The topological polar surface area (TPSA) is 128 Å². The minimum Gasteiger partial charge on any atom is -0.394 e. The van der Waals surface area contributed by atoms with E-state index in [1.807, 2.05) is 5.32 Å². The number of nitrogens with one attached hydrogen (secondary N) is 2. The monoisotopic (exact) mass is 232 g/mol. The smallest absolute Gasteiger partial charge is 0.321 e. The molecule has 2 aliphatic rings. The molecule has 0 saturated carbocycles. The van der Waals surface area contributed by atoms with Crippen LogP contribution in [-0.2, 0) is 9.53 Å². The highest BCUT2D eigenvalue weighted by molar-refractivity contribution is 6.02. The molecule has 3 amide bonds. The third-order valence-electron chi connectivity index (χ3n) is 2.85. The van der Waals surface area contributed by atoms with E-state index in [-0.39, 0.29) is 6.54 Å². The number of aliphatic hydroxyl groups excluding tert-OH is 3. The Morgan fingerprint density at radius 3 is 2.62 bits per heavy atom. The van der Waals surface area contributed by atoms with Gasteiger partial charge in [-0.2, -0.15) is 0 Å². The Morgan fingerprint density at radius 2 is 2.12 bits per heavy atom. The molecule has 8 nitrogen and oxygen atoms in total. The van der Waals surface area contributed by atoms with E-state index in [2.05, 4.69) is 5.32 Å². The summed E-state index contributed by atoms with van der Waals surface area (Å²) in [5, 5.41) is 32.4. The molecular formula is C8H12N2O6. The summed E-state index contributed by atoms with van der Waals surface area (Å²) in [5.74, 6) is -0.821. The lowest BCUT2D eigenvalue weighted by atomic mass is 9.92. The van der Waals surface area contributed by atoms with Gasteiger partial charge >= 0.3 is 6.03 Å². The average Bonchev–Trinajstić information content (AvgIpc) is 2.50. The first-order chi connectivity index (χ1) is 7.51. The Morgan fingerprint density at radius 1 is 1.44 bits per heavy atom. The summed E-state index contributed by atoms with van der Waals surface area (Å²) in [6.07, 6.45) is -3.91. The molecule has 4 atom stereocenters. The standard InChI is InChI=1S/C8H12N2O6/c11-1-3-4(12)5(13)8(16-3)2-9-7(15)10-6(8)14/h3-5,11-13H,1-2H2,(H2,9,10,14,15)/t3-,4?,5?,8+/m1/s1. The maximum atomic E-state index is 11.6. The summed E-state index contributed by atoms with van der Waals surface area (Å²) < 4.78 is 5.15. The number of amides is 3. The van der Waals surface area contributed by atoms with Crippen LogP contribution in [0, 0.1) is 0 Å². The zero-order valence-electron chi connectivity index (χ0n) is 8.21. The van der Waals surface area contributed by atoms with E-state index in [4.69, 9.17) is 9.84 Å². The molecule has 2 saturated heterocycles. The van der Waals surface area contributed by atoms with Crippen molar-refractivity contribution < 1.29 is 29.6 Å². The highest BCUT2D eigenvalue weighted by atomic mass is 16.6. The van der Waals surface area contributed by atoms with Crippen LogP contribution in [0.4, 0.5) is 4.79 Å². The zero-order valence-corrected chi connectivity index (χ0v) is 8.21. The SMILES string of the molecule is O=C1NC[C@@]2(O[C@H](CO)C(O)C2O)C(=O)N1. The Labute approximate surface area is 90.2 Å². The number of hydrogen-bond donors (Lipinski definition) is 5. The lowest BCUT2D eigenvalue weighted by Gasteiger charge is -2.33. The molecule has 0 aromatic heterocycles. The fraction of sp³-hybridized carbons (Fsp3) is 0.750. The Balaban J connectivity index is 2.25. The molecule has 5 N–H and O–H groups in total. The van der Waals surface area contributed by atoms with Crippen LogP contribution in [-0.4, -0.2) is 64.3 Å². The van der Waals surface area contributed by atoms with Gasteiger partial charge in [-0.25, -0.2) is 4.79 Å². The molecule has 0 aromatic carbocycles. The number of aliphatic hydroxyl groups is 3. The predicted molar refractivity (Wildman–Crippen MR) is 48.2 cm³/mol. The Kier molecular flexibility index (Phi) is 2.58. The molecule has 16 heavy (non-hydrogen) atoms. The maximum absolute atomic E-state index is 11.6. The van der Waals surface area contributed by atoms with Gasteiger partial charge in [-0.15, -0.1) is 0 Å². The van der Waals surface area contributed by atoms with Crippen molar-refractivity contribution in [2.75, 3.05) is 13.2 Å².